The molecule has 0 aliphatic heterocycles. The van der Waals surface area contributed by atoms with Crippen LogP contribution in [0.3, 0.4) is 0 Å². The first-order chi connectivity index (χ1) is 7.69. The van der Waals surface area contributed by atoms with Gasteiger partial charge in [-0.05, 0) is 18.1 Å². The number of carbonyl (C=O) groups excluding carboxylic acids is 1. The molecule has 0 heterocycles. The zero-order chi connectivity index (χ0) is 11.8. The summed E-state index contributed by atoms with van der Waals surface area (Å²) in [6.45, 7) is 4.04. The van der Waals surface area contributed by atoms with E-state index < -0.39 is 5.41 Å². The molecule has 0 saturated heterocycles. The van der Waals surface area contributed by atoms with Crippen molar-refractivity contribution >= 4 is 5.97 Å². The number of rotatable bonds is 2. The Morgan fingerprint density at radius 1 is 1.38 bits per heavy atom. The van der Waals surface area contributed by atoms with Crippen LogP contribution in [0.5, 0.6) is 0 Å². The average molecular weight is 216 g/mol. The maximum absolute atomic E-state index is 12.0. The van der Waals surface area contributed by atoms with E-state index in [0.29, 0.717) is 0 Å². The first kappa shape index (κ1) is 10.9. The number of hydrogen-bond donors (Lipinski definition) is 0. The first-order valence-electron chi connectivity index (χ1n) is 5.50. The SMILES string of the molecule is C/C=C1\[C@@H](C)[C@]1(C(=O)OC)c1ccccc1. The normalized spacial score (nSPS) is 30.2. The Morgan fingerprint density at radius 3 is 2.44 bits per heavy atom. The van der Waals surface area contributed by atoms with E-state index in [1.165, 1.54) is 7.11 Å². The molecule has 0 aromatic heterocycles. The Bertz CT molecular complexity index is 433. The summed E-state index contributed by atoms with van der Waals surface area (Å²) < 4.78 is 4.95. The molecular formula is C14H16O2. The van der Waals surface area contributed by atoms with Gasteiger partial charge in [0.05, 0.1) is 7.11 Å². The summed E-state index contributed by atoms with van der Waals surface area (Å²) in [5, 5.41) is 0. The van der Waals surface area contributed by atoms with Gasteiger partial charge in [-0.2, -0.15) is 0 Å². The lowest BCUT2D eigenvalue weighted by molar-refractivity contribution is -0.143. The Hall–Kier alpha value is -1.57. The standard InChI is InChI=1S/C14H16O2/c1-4-12-10(2)14(12,13(15)16-3)11-8-6-5-7-9-11/h4-10H,1-3H3/b12-4+/t10-,14+/m1/s1. The molecule has 0 amide bonds. The molecule has 1 aliphatic carbocycles. The molecule has 0 unspecified atom stereocenters. The van der Waals surface area contributed by atoms with Crippen molar-refractivity contribution < 1.29 is 9.53 Å². The van der Waals surface area contributed by atoms with E-state index in [1.54, 1.807) is 0 Å². The molecule has 0 bridgehead atoms. The lowest BCUT2D eigenvalue weighted by Gasteiger charge is -2.13. The maximum Gasteiger partial charge on any atom is 0.321 e. The van der Waals surface area contributed by atoms with Gasteiger partial charge < -0.3 is 4.74 Å². The van der Waals surface area contributed by atoms with Crippen molar-refractivity contribution in [3.05, 3.63) is 47.5 Å². The van der Waals surface area contributed by atoms with Gasteiger partial charge in [-0.15, -0.1) is 0 Å². The number of methoxy groups -OCH3 is 1. The molecule has 1 aromatic rings. The van der Waals surface area contributed by atoms with E-state index in [-0.39, 0.29) is 11.9 Å². The smallest absolute Gasteiger partial charge is 0.321 e. The van der Waals surface area contributed by atoms with Gasteiger partial charge in [0.1, 0.15) is 5.41 Å². The topological polar surface area (TPSA) is 26.3 Å². The molecule has 0 N–H and O–H groups in total. The van der Waals surface area contributed by atoms with Crippen LogP contribution in [0.15, 0.2) is 42.0 Å². The van der Waals surface area contributed by atoms with Gasteiger partial charge in [-0.1, -0.05) is 43.3 Å². The number of esters is 1. The number of allylic oxidation sites excluding steroid dienone is 1. The van der Waals surface area contributed by atoms with Gasteiger partial charge in [0.25, 0.3) is 0 Å². The fourth-order valence-electron chi connectivity index (χ4n) is 2.68. The van der Waals surface area contributed by atoms with Crippen molar-refractivity contribution in [2.24, 2.45) is 5.92 Å². The zero-order valence-electron chi connectivity index (χ0n) is 9.86. The third kappa shape index (κ3) is 1.22. The molecule has 2 rings (SSSR count). The minimum atomic E-state index is -0.523. The van der Waals surface area contributed by atoms with Crippen LogP contribution in [0.2, 0.25) is 0 Å². The molecule has 2 nitrogen and oxygen atoms in total. The van der Waals surface area contributed by atoms with E-state index >= 15 is 0 Å². The van der Waals surface area contributed by atoms with E-state index in [1.807, 2.05) is 43.3 Å². The highest BCUT2D eigenvalue weighted by Crippen LogP contribution is 2.59. The van der Waals surface area contributed by atoms with E-state index in [0.717, 1.165) is 11.1 Å². The summed E-state index contributed by atoms with van der Waals surface area (Å²) in [6, 6.07) is 9.85. The Kier molecular flexibility index (Phi) is 2.58. The van der Waals surface area contributed by atoms with Crippen LogP contribution in [-0.4, -0.2) is 13.1 Å². The zero-order valence-corrected chi connectivity index (χ0v) is 9.86. The van der Waals surface area contributed by atoms with Crippen LogP contribution >= 0.6 is 0 Å². The largest absolute Gasteiger partial charge is 0.468 e. The lowest BCUT2D eigenvalue weighted by Crippen LogP contribution is -2.24. The molecule has 1 aromatic carbocycles. The fourth-order valence-corrected chi connectivity index (χ4v) is 2.68. The molecular weight excluding hydrogens is 200 g/mol. The molecule has 84 valence electrons. The lowest BCUT2D eigenvalue weighted by atomic mass is 9.93. The molecule has 2 atom stereocenters. The van der Waals surface area contributed by atoms with Gasteiger partial charge >= 0.3 is 5.97 Å². The summed E-state index contributed by atoms with van der Waals surface area (Å²) in [4.78, 5) is 12.0. The molecule has 2 heteroatoms. The van der Waals surface area contributed by atoms with Crippen LogP contribution in [-0.2, 0) is 14.9 Å². The van der Waals surface area contributed by atoms with Crippen LogP contribution in [0, 0.1) is 5.92 Å². The van der Waals surface area contributed by atoms with Gasteiger partial charge in [0.15, 0.2) is 0 Å². The molecule has 1 aliphatic rings. The van der Waals surface area contributed by atoms with E-state index in [9.17, 15) is 4.79 Å². The Labute approximate surface area is 95.9 Å². The molecule has 1 fully saturated rings. The fraction of sp³-hybridized carbons (Fsp3) is 0.357. The monoisotopic (exact) mass is 216 g/mol. The number of benzene rings is 1. The third-order valence-electron chi connectivity index (χ3n) is 3.54. The van der Waals surface area contributed by atoms with E-state index in [2.05, 4.69) is 6.92 Å². The number of ether oxygens (including phenoxy) is 1. The quantitative estimate of drug-likeness (QED) is 0.561. The Morgan fingerprint density at radius 2 is 2.00 bits per heavy atom. The van der Waals surface area contributed by atoms with Gasteiger partial charge in [-0.25, -0.2) is 0 Å². The van der Waals surface area contributed by atoms with Crippen LogP contribution in [0.1, 0.15) is 19.4 Å². The first-order valence-corrected chi connectivity index (χ1v) is 5.50. The van der Waals surface area contributed by atoms with Crippen LogP contribution < -0.4 is 0 Å². The van der Waals surface area contributed by atoms with Crippen molar-refractivity contribution in [3.63, 3.8) is 0 Å². The van der Waals surface area contributed by atoms with Crippen LogP contribution in [0.25, 0.3) is 0 Å². The minimum Gasteiger partial charge on any atom is -0.468 e. The second-order valence-corrected chi connectivity index (χ2v) is 4.13. The van der Waals surface area contributed by atoms with E-state index in [4.69, 9.17) is 4.74 Å². The van der Waals surface area contributed by atoms with Crippen molar-refractivity contribution in [1.82, 2.24) is 0 Å². The summed E-state index contributed by atoms with van der Waals surface area (Å²) in [7, 11) is 1.45. The maximum atomic E-state index is 12.0. The van der Waals surface area contributed by atoms with Crippen molar-refractivity contribution in [3.8, 4) is 0 Å². The highest BCUT2D eigenvalue weighted by atomic mass is 16.5. The Balaban J connectivity index is 2.51. The average Bonchev–Trinajstić information content (AvgIpc) is 2.95. The predicted octanol–water partition coefficient (Wildman–Crippen LogP) is 2.69. The summed E-state index contributed by atoms with van der Waals surface area (Å²) in [6.07, 6.45) is 2.02. The predicted molar refractivity (Wildman–Crippen MR) is 63.1 cm³/mol. The van der Waals surface area contributed by atoms with Crippen molar-refractivity contribution in [2.75, 3.05) is 7.11 Å². The summed E-state index contributed by atoms with van der Waals surface area (Å²) in [5.74, 6) is 0.0895. The highest BCUT2D eigenvalue weighted by molar-refractivity contribution is 5.94. The van der Waals surface area contributed by atoms with Gasteiger partial charge in [0, 0.05) is 5.92 Å². The summed E-state index contributed by atoms with van der Waals surface area (Å²) >= 11 is 0. The number of hydrogen-bond acceptors (Lipinski definition) is 2. The van der Waals surface area contributed by atoms with Crippen molar-refractivity contribution in [2.45, 2.75) is 19.3 Å². The molecule has 0 radical (unpaired) electrons. The molecule has 0 spiro atoms. The van der Waals surface area contributed by atoms with Gasteiger partial charge in [0.2, 0.25) is 0 Å². The highest BCUT2D eigenvalue weighted by Gasteiger charge is 2.64. The van der Waals surface area contributed by atoms with Crippen molar-refractivity contribution in [1.29, 1.82) is 0 Å². The summed E-state index contributed by atoms with van der Waals surface area (Å²) in [5.41, 5.74) is 1.66. The third-order valence-corrected chi connectivity index (χ3v) is 3.54. The molecule has 16 heavy (non-hydrogen) atoms. The van der Waals surface area contributed by atoms with Gasteiger partial charge in [-0.3, -0.25) is 4.79 Å². The van der Waals surface area contributed by atoms with Crippen LogP contribution in [0.4, 0.5) is 0 Å². The molecule has 1 saturated carbocycles. The minimum absolute atomic E-state index is 0.153. The second-order valence-electron chi connectivity index (χ2n) is 4.13. The second kappa shape index (κ2) is 3.78. The number of carbonyl (C=O) groups is 1.